The maximum Gasteiger partial charge on any atom is 0.293 e. The van der Waals surface area contributed by atoms with Crippen molar-refractivity contribution in [1.29, 1.82) is 0 Å². The van der Waals surface area contributed by atoms with E-state index in [0.29, 0.717) is 5.56 Å². The third-order valence-corrected chi connectivity index (χ3v) is 4.43. The second kappa shape index (κ2) is 6.82. The van der Waals surface area contributed by atoms with Crippen LogP contribution in [0.25, 0.3) is 11.3 Å². The Morgan fingerprint density at radius 2 is 1.88 bits per heavy atom. The number of nitrogens with one attached hydrogen (secondary N) is 1. The van der Waals surface area contributed by atoms with Crippen molar-refractivity contribution in [1.82, 2.24) is 4.98 Å². The first-order chi connectivity index (χ1) is 11.9. The van der Waals surface area contributed by atoms with Crippen molar-refractivity contribution in [2.75, 3.05) is 5.32 Å². The zero-order chi connectivity index (χ0) is 18.0. The molecule has 0 saturated carbocycles. The zero-order valence-corrected chi connectivity index (χ0v) is 14.5. The van der Waals surface area contributed by atoms with E-state index in [4.69, 9.17) is 0 Å². The molecule has 6 nitrogen and oxygen atoms in total. The molecule has 3 rings (SSSR count). The van der Waals surface area contributed by atoms with Gasteiger partial charge in [0.25, 0.3) is 11.6 Å². The predicted molar refractivity (Wildman–Crippen MR) is 98.1 cm³/mol. The number of hydrogen-bond acceptors (Lipinski definition) is 5. The van der Waals surface area contributed by atoms with Crippen LogP contribution in [-0.4, -0.2) is 15.8 Å². The molecule has 2 aromatic carbocycles. The molecule has 1 N–H and O–H groups in total. The number of nitro benzene ring substituents is 1. The Labute approximate surface area is 148 Å². The fourth-order valence-electron chi connectivity index (χ4n) is 2.38. The molecular weight excluding hydrogens is 338 g/mol. The van der Waals surface area contributed by atoms with Crippen molar-refractivity contribution in [3.8, 4) is 11.3 Å². The van der Waals surface area contributed by atoms with Crippen molar-refractivity contribution < 1.29 is 9.72 Å². The lowest BCUT2D eigenvalue weighted by Gasteiger charge is -2.07. The summed E-state index contributed by atoms with van der Waals surface area (Å²) in [6.07, 6.45) is 0. The van der Waals surface area contributed by atoms with E-state index < -0.39 is 10.8 Å². The Balaban J connectivity index is 1.81. The van der Waals surface area contributed by atoms with Crippen molar-refractivity contribution in [2.24, 2.45) is 0 Å². The predicted octanol–water partition coefficient (Wildman–Crippen LogP) is 4.59. The summed E-state index contributed by atoms with van der Waals surface area (Å²) < 4.78 is 0. The van der Waals surface area contributed by atoms with Crippen LogP contribution in [0.1, 0.15) is 20.9 Å². The van der Waals surface area contributed by atoms with Crippen LogP contribution in [0.5, 0.6) is 0 Å². The van der Waals surface area contributed by atoms with Crippen molar-refractivity contribution in [3.05, 3.63) is 74.1 Å². The van der Waals surface area contributed by atoms with E-state index in [1.54, 1.807) is 36.5 Å². The van der Waals surface area contributed by atoms with Crippen LogP contribution in [0, 0.1) is 24.0 Å². The minimum absolute atomic E-state index is 0.122. The van der Waals surface area contributed by atoms with Crippen LogP contribution in [0.2, 0.25) is 0 Å². The fourth-order valence-corrected chi connectivity index (χ4v) is 3.00. The average Bonchev–Trinajstić information content (AvgIpc) is 3.03. The molecule has 25 heavy (non-hydrogen) atoms. The lowest BCUT2D eigenvalue weighted by Crippen LogP contribution is -2.13. The van der Waals surface area contributed by atoms with Gasteiger partial charge in [-0.05, 0) is 37.6 Å². The molecular formula is C18H15N3O3S. The van der Waals surface area contributed by atoms with E-state index in [0.717, 1.165) is 21.8 Å². The number of rotatable bonds is 4. The van der Waals surface area contributed by atoms with Gasteiger partial charge in [0.15, 0.2) is 0 Å². The Morgan fingerprint density at radius 1 is 1.16 bits per heavy atom. The largest absolute Gasteiger partial charge is 0.316 e. The van der Waals surface area contributed by atoms with Crippen LogP contribution < -0.4 is 5.32 Å². The summed E-state index contributed by atoms with van der Waals surface area (Å²) >= 11 is 1.56. The first kappa shape index (κ1) is 16.8. The Morgan fingerprint density at radius 3 is 2.48 bits per heavy atom. The molecule has 0 saturated heterocycles. The van der Waals surface area contributed by atoms with E-state index in [1.807, 2.05) is 24.4 Å². The minimum atomic E-state index is -0.504. The highest BCUT2D eigenvalue weighted by atomic mass is 32.1. The number of aromatic nitrogens is 1. The number of nitrogens with zero attached hydrogens (tertiary/aromatic N) is 2. The zero-order valence-electron chi connectivity index (χ0n) is 13.6. The molecule has 0 aliphatic heterocycles. The summed E-state index contributed by atoms with van der Waals surface area (Å²) in [4.78, 5) is 27.4. The van der Waals surface area contributed by atoms with Gasteiger partial charge in [-0.3, -0.25) is 14.9 Å². The Bertz CT molecular complexity index is 948. The van der Waals surface area contributed by atoms with Gasteiger partial charge >= 0.3 is 0 Å². The maximum atomic E-state index is 12.4. The van der Waals surface area contributed by atoms with Gasteiger partial charge in [-0.15, -0.1) is 11.3 Å². The molecule has 0 aliphatic carbocycles. The van der Waals surface area contributed by atoms with Gasteiger partial charge in [0, 0.05) is 22.6 Å². The van der Waals surface area contributed by atoms with Gasteiger partial charge < -0.3 is 5.32 Å². The molecule has 1 aromatic heterocycles. The molecule has 0 unspecified atom stereocenters. The molecule has 1 heterocycles. The number of thiazole rings is 1. The molecule has 1 amide bonds. The van der Waals surface area contributed by atoms with Crippen LogP contribution >= 0.6 is 11.3 Å². The van der Waals surface area contributed by atoms with Crippen molar-refractivity contribution in [3.63, 3.8) is 0 Å². The van der Waals surface area contributed by atoms with Crippen molar-refractivity contribution >= 4 is 28.6 Å². The SMILES string of the molecule is Cc1ccc(NC(=O)c2ccc(-c3csc(C)n3)cc2)c([N+](=O)[O-])c1. The summed E-state index contributed by atoms with van der Waals surface area (Å²) in [6, 6.07) is 11.7. The summed E-state index contributed by atoms with van der Waals surface area (Å²) in [7, 11) is 0. The molecule has 0 radical (unpaired) electrons. The molecule has 7 heteroatoms. The highest BCUT2D eigenvalue weighted by Crippen LogP contribution is 2.26. The molecule has 0 fully saturated rings. The van der Waals surface area contributed by atoms with Gasteiger partial charge in [0.1, 0.15) is 5.69 Å². The highest BCUT2D eigenvalue weighted by molar-refractivity contribution is 7.09. The maximum absolute atomic E-state index is 12.4. The van der Waals surface area contributed by atoms with Gasteiger partial charge in [0.05, 0.1) is 15.6 Å². The summed E-state index contributed by atoms with van der Waals surface area (Å²) in [6.45, 7) is 3.70. The number of carbonyl (C=O) groups excluding carboxylic acids is 1. The molecule has 0 atom stereocenters. The van der Waals surface area contributed by atoms with E-state index in [-0.39, 0.29) is 11.4 Å². The van der Waals surface area contributed by atoms with Crippen LogP contribution in [0.15, 0.2) is 47.8 Å². The van der Waals surface area contributed by atoms with Gasteiger partial charge in [-0.2, -0.15) is 0 Å². The number of amides is 1. The topological polar surface area (TPSA) is 85.1 Å². The highest BCUT2D eigenvalue weighted by Gasteiger charge is 2.17. The van der Waals surface area contributed by atoms with Gasteiger partial charge in [-0.25, -0.2) is 4.98 Å². The molecule has 0 aliphatic rings. The molecule has 3 aromatic rings. The standard InChI is InChI=1S/C18H15N3O3S/c1-11-3-8-15(17(9-11)21(23)24)20-18(22)14-6-4-13(5-7-14)16-10-25-12(2)19-16/h3-10H,1-2H3,(H,20,22). The third-order valence-electron chi connectivity index (χ3n) is 3.66. The normalized spacial score (nSPS) is 10.5. The Kier molecular flexibility index (Phi) is 4.58. The van der Waals surface area contributed by atoms with E-state index in [9.17, 15) is 14.9 Å². The minimum Gasteiger partial charge on any atom is -0.316 e. The van der Waals surface area contributed by atoms with Crippen LogP contribution in [0.4, 0.5) is 11.4 Å². The number of nitro groups is 1. The summed E-state index contributed by atoms with van der Waals surface area (Å²) in [5.74, 6) is -0.395. The van der Waals surface area contributed by atoms with E-state index >= 15 is 0 Å². The van der Waals surface area contributed by atoms with Gasteiger partial charge in [0.2, 0.25) is 0 Å². The van der Waals surface area contributed by atoms with Gasteiger partial charge in [-0.1, -0.05) is 18.2 Å². The van der Waals surface area contributed by atoms with Crippen LogP contribution in [-0.2, 0) is 0 Å². The quantitative estimate of drug-likeness (QED) is 0.549. The molecule has 126 valence electrons. The average molecular weight is 353 g/mol. The van der Waals surface area contributed by atoms with Crippen LogP contribution in [0.3, 0.4) is 0 Å². The molecule has 0 bridgehead atoms. The fraction of sp³-hybridized carbons (Fsp3) is 0.111. The third kappa shape index (κ3) is 3.72. The Hall–Kier alpha value is -3.06. The molecule has 0 spiro atoms. The number of aryl methyl sites for hydroxylation is 2. The monoisotopic (exact) mass is 353 g/mol. The van der Waals surface area contributed by atoms with Crippen molar-refractivity contribution in [2.45, 2.75) is 13.8 Å². The lowest BCUT2D eigenvalue weighted by atomic mass is 10.1. The lowest BCUT2D eigenvalue weighted by molar-refractivity contribution is -0.384. The number of hydrogen-bond donors (Lipinski definition) is 1. The summed E-state index contributed by atoms with van der Waals surface area (Å²) in [5.41, 5.74) is 3.02. The van der Waals surface area contributed by atoms with E-state index in [2.05, 4.69) is 10.3 Å². The number of anilines is 1. The second-order valence-corrected chi connectivity index (χ2v) is 6.62. The first-order valence-corrected chi connectivity index (χ1v) is 8.41. The van der Waals surface area contributed by atoms with E-state index in [1.165, 1.54) is 12.1 Å². The number of carbonyl (C=O) groups is 1. The second-order valence-electron chi connectivity index (χ2n) is 5.56. The smallest absolute Gasteiger partial charge is 0.293 e. The first-order valence-electron chi connectivity index (χ1n) is 7.53. The summed E-state index contributed by atoms with van der Waals surface area (Å²) in [5, 5.41) is 16.7. The number of benzene rings is 2.